The van der Waals surface area contributed by atoms with Gasteiger partial charge in [-0.2, -0.15) is 5.26 Å². The number of nitriles is 1. The van der Waals surface area contributed by atoms with Crippen LogP contribution in [-0.4, -0.2) is 57.8 Å². The third kappa shape index (κ3) is 3.99. The second-order valence-corrected chi connectivity index (χ2v) is 10.1. The molecule has 11 heteroatoms. The molecule has 5 rings (SSSR count). The number of H-pyrrole nitrogens is 1. The Morgan fingerprint density at radius 2 is 2.06 bits per heavy atom. The summed E-state index contributed by atoms with van der Waals surface area (Å²) >= 11 is 12.5. The van der Waals surface area contributed by atoms with E-state index in [1.165, 1.54) is 0 Å². The third-order valence-electron chi connectivity index (χ3n) is 7.32. The molecule has 178 valence electrons. The third-order valence-corrected chi connectivity index (χ3v) is 7.94. The van der Waals surface area contributed by atoms with Crippen LogP contribution in [0.3, 0.4) is 0 Å². The Balaban J connectivity index is 1.38. The van der Waals surface area contributed by atoms with Crippen molar-refractivity contribution in [2.75, 3.05) is 13.1 Å². The SMILES string of the molecule is N#C[C@H](C[C@@H]1CCNC1=O)NC(=O)[C@@H]1[C@H]2CCC[C@H]2CN1C(=O)c1nc2c(Cl)ccc(Cl)c2[nH]1. The quantitative estimate of drug-likeness (QED) is 0.578. The van der Waals surface area contributed by atoms with Gasteiger partial charge in [-0.25, -0.2) is 4.98 Å². The number of aromatic amines is 1. The average molecular weight is 503 g/mol. The first-order valence-corrected chi connectivity index (χ1v) is 12.3. The average Bonchev–Trinajstić information content (AvgIpc) is 3.59. The van der Waals surface area contributed by atoms with Crippen LogP contribution >= 0.6 is 23.2 Å². The van der Waals surface area contributed by atoms with Gasteiger partial charge in [0, 0.05) is 19.0 Å². The summed E-state index contributed by atoms with van der Waals surface area (Å²) in [7, 11) is 0. The summed E-state index contributed by atoms with van der Waals surface area (Å²) in [4.78, 5) is 47.7. The summed E-state index contributed by atoms with van der Waals surface area (Å²) in [6.45, 7) is 1.03. The zero-order chi connectivity index (χ0) is 24.0. The van der Waals surface area contributed by atoms with Crippen molar-refractivity contribution in [2.24, 2.45) is 17.8 Å². The lowest BCUT2D eigenvalue weighted by atomic mass is 9.92. The van der Waals surface area contributed by atoms with Gasteiger partial charge in [-0.05, 0) is 49.7 Å². The molecule has 3 fully saturated rings. The maximum Gasteiger partial charge on any atom is 0.290 e. The summed E-state index contributed by atoms with van der Waals surface area (Å²) < 4.78 is 0. The smallest absolute Gasteiger partial charge is 0.290 e. The number of imidazole rings is 1. The van der Waals surface area contributed by atoms with Crippen LogP contribution < -0.4 is 10.6 Å². The molecule has 5 atom stereocenters. The van der Waals surface area contributed by atoms with Crippen molar-refractivity contribution in [3.63, 3.8) is 0 Å². The molecular weight excluding hydrogens is 479 g/mol. The van der Waals surface area contributed by atoms with Crippen LogP contribution in [0.4, 0.5) is 0 Å². The van der Waals surface area contributed by atoms with E-state index in [1.54, 1.807) is 17.0 Å². The maximum atomic E-state index is 13.5. The van der Waals surface area contributed by atoms with E-state index in [0.717, 1.165) is 19.3 Å². The van der Waals surface area contributed by atoms with Crippen molar-refractivity contribution in [1.29, 1.82) is 5.26 Å². The van der Waals surface area contributed by atoms with Crippen LogP contribution in [-0.2, 0) is 9.59 Å². The fourth-order valence-electron chi connectivity index (χ4n) is 5.67. The molecule has 9 nitrogen and oxygen atoms in total. The molecular formula is C23H24Cl2N6O3. The Kier molecular flexibility index (Phi) is 6.13. The molecule has 34 heavy (non-hydrogen) atoms. The van der Waals surface area contributed by atoms with Crippen LogP contribution in [0.2, 0.25) is 10.0 Å². The summed E-state index contributed by atoms with van der Waals surface area (Å²) in [5.41, 5.74) is 0.870. The Bertz CT molecular complexity index is 1170. The number of halogens is 2. The highest BCUT2D eigenvalue weighted by molar-refractivity contribution is 6.39. The van der Waals surface area contributed by atoms with Crippen molar-refractivity contribution >= 4 is 52.0 Å². The molecule has 2 aliphatic heterocycles. The molecule has 0 bridgehead atoms. The Morgan fingerprint density at radius 1 is 1.26 bits per heavy atom. The molecule has 3 amide bonds. The largest absolute Gasteiger partial charge is 0.356 e. The van der Waals surface area contributed by atoms with E-state index in [9.17, 15) is 19.6 Å². The minimum Gasteiger partial charge on any atom is -0.356 e. The van der Waals surface area contributed by atoms with Crippen molar-refractivity contribution < 1.29 is 14.4 Å². The molecule has 1 saturated carbocycles. The standard InChI is InChI=1S/C23H24Cl2N6O3/c24-15-4-5-16(25)18-17(15)29-20(30-18)23(34)31-10-12-2-1-3-14(12)19(31)22(33)28-13(9-26)8-11-6-7-27-21(11)32/h4-5,11-14,19H,1-3,6-8,10H2,(H,27,32)(H,28,33)(H,29,30)/t11-,12-,13-,14-,19-/m0/s1. The highest BCUT2D eigenvalue weighted by atomic mass is 35.5. The number of hydrogen-bond acceptors (Lipinski definition) is 5. The first-order chi connectivity index (χ1) is 16.4. The lowest BCUT2D eigenvalue weighted by molar-refractivity contribution is -0.127. The van der Waals surface area contributed by atoms with Gasteiger partial charge in [-0.1, -0.05) is 29.6 Å². The minimum atomic E-state index is -0.803. The van der Waals surface area contributed by atoms with Gasteiger partial charge in [0.25, 0.3) is 5.91 Å². The fourth-order valence-corrected chi connectivity index (χ4v) is 6.07. The van der Waals surface area contributed by atoms with Crippen LogP contribution in [0.15, 0.2) is 12.1 Å². The molecule has 1 aromatic heterocycles. The van der Waals surface area contributed by atoms with E-state index in [1.807, 2.05) is 0 Å². The Labute approximate surface area is 206 Å². The molecule has 0 radical (unpaired) electrons. The molecule has 3 aliphatic rings. The van der Waals surface area contributed by atoms with Crippen molar-refractivity contribution in [3.05, 3.63) is 28.0 Å². The van der Waals surface area contributed by atoms with Crippen LogP contribution in [0.25, 0.3) is 11.0 Å². The van der Waals surface area contributed by atoms with Gasteiger partial charge in [0.05, 0.1) is 21.6 Å². The van der Waals surface area contributed by atoms with Crippen LogP contribution in [0.1, 0.15) is 42.7 Å². The lowest BCUT2D eigenvalue weighted by Gasteiger charge is -2.27. The molecule has 1 aromatic carbocycles. The molecule has 3 N–H and O–H groups in total. The number of amides is 3. The summed E-state index contributed by atoms with van der Waals surface area (Å²) in [6.07, 6.45) is 3.68. The number of hydrogen-bond donors (Lipinski definition) is 3. The van der Waals surface area contributed by atoms with E-state index in [0.29, 0.717) is 40.6 Å². The number of rotatable bonds is 5. The summed E-state index contributed by atoms with van der Waals surface area (Å²) in [6, 6.07) is 3.84. The molecule has 2 saturated heterocycles. The van der Waals surface area contributed by atoms with Gasteiger partial charge >= 0.3 is 0 Å². The number of fused-ring (bicyclic) bond motifs is 2. The predicted octanol–water partition coefficient (Wildman–Crippen LogP) is 2.64. The monoisotopic (exact) mass is 502 g/mol. The second-order valence-electron chi connectivity index (χ2n) is 9.30. The highest BCUT2D eigenvalue weighted by Crippen LogP contribution is 2.43. The van der Waals surface area contributed by atoms with Crippen LogP contribution in [0, 0.1) is 29.1 Å². The van der Waals surface area contributed by atoms with Crippen LogP contribution in [0.5, 0.6) is 0 Å². The summed E-state index contributed by atoms with van der Waals surface area (Å²) in [5, 5.41) is 15.9. The number of aromatic nitrogens is 2. The van der Waals surface area contributed by atoms with Gasteiger partial charge in [-0.3, -0.25) is 14.4 Å². The highest BCUT2D eigenvalue weighted by Gasteiger charge is 2.50. The first kappa shape index (κ1) is 22.9. The van der Waals surface area contributed by atoms with Gasteiger partial charge in [0.15, 0.2) is 5.82 Å². The van der Waals surface area contributed by atoms with Crippen molar-refractivity contribution in [3.8, 4) is 6.07 Å². The number of carbonyl (C=O) groups is 3. The van der Waals surface area contributed by atoms with Gasteiger partial charge in [0.2, 0.25) is 11.8 Å². The molecule has 3 heterocycles. The molecule has 1 aliphatic carbocycles. The zero-order valence-corrected chi connectivity index (χ0v) is 19.8. The number of likely N-dealkylation sites (tertiary alicyclic amines) is 1. The van der Waals surface area contributed by atoms with E-state index in [-0.39, 0.29) is 41.8 Å². The second kappa shape index (κ2) is 9.08. The summed E-state index contributed by atoms with van der Waals surface area (Å²) in [5.74, 6) is -0.837. The molecule has 0 unspecified atom stereocenters. The van der Waals surface area contributed by atoms with E-state index < -0.39 is 18.0 Å². The Morgan fingerprint density at radius 3 is 2.76 bits per heavy atom. The van der Waals surface area contributed by atoms with Gasteiger partial charge in [-0.15, -0.1) is 0 Å². The number of benzene rings is 1. The fraction of sp³-hybridized carbons (Fsp3) is 0.522. The maximum absolute atomic E-state index is 13.5. The minimum absolute atomic E-state index is 0.0228. The lowest BCUT2D eigenvalue weighted by Crippen LogP contribution is -2.51. The van der Waals surface area contributed by atoms with E-state index in [2.05, 4.69) is 26.7 Å². The number of carbonyl (C=O) groups excluding carboxylic acids is 3. The topological polar surface area (TPSA) is 131 Å². The first-order valence-electron chi connectivity index (χ1n) is 11.5. The van der Waals surface area contributed by atoms with Gasteiger partial charge in [0.1, 0.15) is 17.6 Å². The zero-order valence-electron chi connectivity index (χ0n) is 18.3. The number of nitrogens with zero attached hydrogens (tertiary/aromatic N) is 3. The van der Waals surface area contributed by atoms with E-state index in [4.69, 9.17) is 23.2 Å². The van der Waals surface area contributed by atoms with Gasteiger partial charge < -0.3 is 20.5 Å². The Hall–Kier alpha value is -2.83. The van der Waals surface area contributed by atoms with Crippen molar-refractivity contribution in [1.82, 2.24) is 25.5 Å². The van der Waals surface area contributed by atoms with E-state index >= 15 is 0 Å². The normalized spacial score (nSPS) is 26.9. The number of nitrogens with one attached hydrogen (secondary N) is 3. The molecule has 2 aromatic rings. The molecule has 0 spiro atoms. The predicted molar refractivity (Wildman–Crippen MR) is 125 cm³/mol. The van der Waals surface area contributed by atoms with Crippen molar-refractivity contribution in [2.45, 2.75) is 44.2 Å².